The first-order valence-corrected chi connectivity index (χ1v) is 7.15. The Bertz CT molecular complexity index is 684. The number of sulfonamides is 1. The van der Waals surface area contributed by atoms with E-state index in [1.165, 1.54) is 24.4 Å². The quantitative estimate of drug-likeness (QED) is 0.905. The Balaban J connectivity index is 2.36. The normalized spacial score (nSPS) is 11.5. The van der Waals surface area contributed by atoms with Crippen molar-refractivity contribution in [1.82, 2.24) is 9.97 Å². The number of nitrogens with one attached hydrogen (secondary N) is 2. The fourth-order valence-electron chi connectivity index (χ4n) is 1.31. The molecule has 18 heavy (non-hydrogen) atoms. The minimum Gasteiger partial charge on any atom is -0.332 e. The third kappa shape index (κ3) is 2.70. The summed E-state index contributed by atoms with van der Waals surface area (Å²) in [5.41, 5.74) is -0.128. The summed E-state index contributed by atoms with van der Waals surface area (Å²) in [4.78, 5) is 6.36. The molecule has 0 atom stereocenters. The molecule has 5 nitrogen and oxygen atoms in total. The van der Waals surface area contributed by atoms with Crippen LogP contribution in [-0.4, -0.2) is 18.4 Å². The molecule has 0 saturated carbocycles. The molecule has 0 aliphatic rings. The fraction of sp³-hybridized carbons (Fsp3) is 0.100. The number of aromatic amines is 1. The maximum Gasteiger partial charge on any atom is 0.279 e. The van der Waals surface area contributed by atoms with E-state index in [2.05, 4.69) is 30.6 Å². The third-order valence-electron chi connectivity index (χ3n) is 2.14. The highest BCUT2D eigenvalue weighted by Crippen LogP contribution is 2.22. The Kier molecular flexibility index (Phi) is 3.40. The smallest absolute Gasteiger partial charge is 0.279 e. The van der Waals surface area contributed by atoms with Gasteiger partial charge in [-0.3, -0.25) is 4.72 Å². The van der Waals surface area contributed by atoms with E-state index in [0.717, 1.165) is 0 Å². The molecule has 0 saturated heterocycles. The van der Waals surface area contributed by atoms with Crippen molar-refractivity contribution in [1.29, 1.82) is 0 Å². The Labute approximate surface area is 112 Å². The van der Waals surface area contributed by atoms with E-state index >= 15 is 0 Å². The number of rotatable bonds is 3. The monoisotopic (exact) mass is 333 g/mol. The highest BCUT2D eigenvalue weighted by atomic mass is 79.9. The van der Waals surface area contributed by atoms with Crippen LogP contribution in [0.5, 0.6) is 0 Å². The number of aromatic nitrogens is 2. The molecule has 96 valence electrons. The van der Waals surface area contributed by atoms with Crippen LogP contribution in [-0.2, 0) is 10.0 Å². The fourth-order valence-corrected chi connectivity index (χ4v) is 2.70. The predicted octanol–water partition coefficient (Wildman–Crippen LogP) is 2.42. The maximum atomic E-state index is 13.4. The van der Waals surface area contributed by atoms with Gasteiger partial charge in [0.25, 0.3) is 10.0 Å². The molecule has 0 aliphatic heterocycles. The summed E-state index contributed by atoms with van der Waals surface area (Å²) in [7, 11) is -3.86. The van der Waals surface area contributed by atoms with Gasteiger partial charge in [-0.25, -0.2) is 9.37 Å². The molecular weight excluding hydrogens is 325 g/mol. The molecule has 0 radical (unpaired) electrons. The standard InChI is InChI=1S/C10H9BrFN3O2S/c1-6-13-5-10(14-6)18(16,17)15-9-4-7(11)2-3-8(9)12/h2-5,15H,1H3,(H,13,14). The lowest BCUT2D eigenvalue weighted by Gasteiger charge is -2.07. The lowest BCUT2D eigenvalue weighted by Crippen LogP contribution is -2.14. The largest absolute Gasteiger partial charge is 0.332 e. The second kappa shape index (κ2) is 4.69. The van der Waals surface area contributed by atoms with Crippen LogP contribution in [0.4, 0.5) is 10.1 Å². The molecule has 0 spiro atoms. The van der Waals surface area contributed by atoms with Crippen molar-refractivity contribution in [3.63, 3.8) is 0 Å². The van der Waals surface area contributed by atoms with Gasteiger partial charge in [-0.05, 0) is 25.1 Å². The first kappa shape index (κ1) is 13.0. The minimum absolute atomic E-state index is 0.112. The summed E-state index contributed by atoms with van der Waals surface area (Å²) in [5, 5.41) is -0.112. The Hall–Kier alpha value is -1.41. The molecule has 1 heterocycles. The van der Waals surface area contributed by atoms with Crippen molar-refractivity contribution in [2.75, 3.05) is 4.72 Å². The van der Waals surface area contributed by atoms with Gasteiger partial charge in [-0.15, -0.1) is 0 Å². The van der Waals surface area contributed by atoms with Crippen molar-refractivity contribution in [2.24, 2.45) is 0 Å². The Morgan fingerprint density at radius 3 is 2.78 bits per heavy atom. The molecule has 0 unspecified atom stereocenters. The summed E-state index contributed by atoms with van der Waals surface area (Å²) in [6.07, 6.45) is 1.17. The number of anilines is 1. The average Bonchev–Trinajstić information content (AvgIpc) is 2.71. The van der Waals surface area contributed by atoms with Crippen molar-refractivity contribution in [3.05, 3.63) is 40.5 Å². The van der Waals surface area contributed by atoms with Gasteiger partial charge in [0, 0.05) is 4.47 Å². The molecular formula is C10H9BrFN3O2S. The number of aryl methyl sites for hydroxylation is 1. The van der Waals surface area contributed by atoms with Crippen LogP contribution in [0.15, 0.2) is 33.9 Å². The van der Waals surface area contributed by atoms with Crippen molar-refractivity contribution in [3.8, 4) is 0 Å². The highest BCUT2D eigenvalue weighted by molar-refractivity contribution is 9.10. The predicted molar refractivity (Wildman–Crippen MR) is 68.2 cm³/mol. The van der Waals surface area contributed by atoms with Gasteiger partial charge in [0.15, 0.2) is 5.03 Å². The molecule has 0 aliphatic carbocycles. The topological polar surface area (TPSA) is 74.8 Å². The van der Waals surface area contributed by atoms with Crippen LogP contribution in [0, 0.1) is 12.7 Å². The Morgan fingerprint density at radius 2 is 2.17 bits per heavy atom. The van der Waals surface area contributed by atoms with Gasteiger partial charge in [-0.1, -0.05) is 15.9 Å². The molecule has 0 fully saturated rings. The number of imidazole rings is 1. The van der Waals surface area contributed by atoms with Crippen LogP contribution in [0.2, 0.25) is 0 Å². The number of H-pyrrole nitrogens is 1. The molecule has 1 aromatic heterocycles. The van der Waals surface area contributed by atoms with E-state index in [-0.39, 0.29) is 10.7 Å². The van der Waals surface area contributed by atoms with E-state index < -0.39 is 15.8 Å². The van der Waals surface area contributed by atoms with E-state index in [1.807, 2.05) is 0 Å². The minimum atomic E-state index is -3.86. The van der Waals surface area contributed by atoms with E-state index in [4.69, 9.17) is 0 Å². The first-order valence-electron chi connectivity index (χ1n) is 4.88. The van der Waals surface area contributed by atoms with E-state index in [0.29, 0.717) is 10.3 Å². The number of hydrogen-bond donors (Lipinski definition) is 2. The average molecular weight is 334 g/mol. The molecule has 0 bridgehead atoms. The summed E-state index contributed by atoms with van der Waals surface area (Å²) in [6.45, 7) is 1.62. The summed E-state index contributed by atoms with van der Waals surface area (Å²) >= 11 is 3.14. The third-order valence-corrected chi connectivity index (χ3v) is 3.91. The zero-order valence-electron chi connectivity index (χ0n) is 9.24. The lowest BCUT2D eigenvalue weighted by atomic mass is 10.3. The van der Waals surface area contributed by atoms with Gasteiger partial charge in [-0.2, -0.15) is 8.42 Å². The van der Waals surface area contributed by atoms with Crippen LogP contribution in [0.3, 0.4) is 0 Å². The first-order chi connectivity index (χ1) is 8.38. The molecule has 2 rings (SSSR count). The molecule has 2 aromatic rings. The number of benzene rings is 1. The van der Waals surface area contributed by atoms with Gasteiger partial charge < -0.3 is 4.98 Å². The zero-order valence-corrected chi connectivity index (χ0v) is 11.6. The number of hydrogen-bond acceptors (Lipinski definition) is 3. The van der Waals surface area contributed by atoms with Crippen LogP contribution in [0.25, 0.3) is 0 Å². The molecule has 1 aromatic carbocycles. The summed E-state index contributed by atoms with van der Waals surface area (Å²) in [5.74, 6) is -0.192. The number of nitrogens with zero attached hydrogens (tertiary/aromatic N) is 1. The van der Waals surface area contributed by atoms with Crippen LogP contribution >= 0.6 is 15.9 Å². The Morgan fingerprint density at radius 1 is 1.44 bits per heavy atom. The second-order valence-corrected chi connectivity index (χ2v) is 6.13. The SMILES string of the molecule is Cc1ncc(S(=O)(=O)Nc2cc(Br)ccc2F)[nH]1. The van der Waals surface area contributed by atoms with Crippen LogP contribution < -0.4 is 4.72 Å². The summed E-state index contributed by atoms with van der Waals surface area (Å²) in [6, 6.07) is 3.99. The highest BCUT2D eigenvalue weighted by Gasteiger charge is 2.18. The maximum absolute atomic E-state index is 13.4. The van der Waals surface area contributed by atoms with Gasteiger partial charge in [0.1, 0.15) is 11.6 Å². The van der Waals surface area contributed by atoms with Crippen molar-refractivity contribution >= 4 is 31.6 Å². The van der Waals surface area contributed by atoms with Gasteiger partial charge in [0.05, 0.1) is 11.9 Å². The van der Waals surface area contributed by atoms with E-state index in [9.17, 15) is 12.8 Å². The zero-order chi connectivity index (χ0) is 13.3. The van der Waals surface area contributed by atoms with Gasteiger partial charge in [0.2, 0.25) is 0 Å². The molecule has 0 amide bonds. The number of halogens is 2. The summed E-state index contributed by atoms with van der Waals surface area (Å²) < 4.78 is 40.0. The second-order valence-electron chi connectivity index (χ2n) is 3.56. The lowest BCUT2D eigenvalue weighted by molar-refractivity contribution is 0.595. The molecule has 2 N–H and O–H groups in total. The van der Waals surface area contributed by atoms with Gasteiger partial charge >= 0.3 is 0 Å². The van der Waals surface area contributed by atoms with E-state index in [1.54, 1.807) is 6.92 Å². The van der Waals surface area contributed by atoms with Crippen LogP contribution in [0.1, 0.15) is 5.82 Å². The van der Waals surface area contributed by atoms with Crippen molar-refractivity contribution < 1.29 is 12.8 Å². The molecule has 8 heteroatoms. The van der Waals surface area contributed by atoms with Crippen molar-refractivity contribution in [2.45, 2.75) is 11.9 Å².